The van der Waals surface area contributed by atoms with Crippen molar-refractivity contribution in [1.29, 1.82) is 0 Å². The van der Waals surface area contributed by atoms with Gasteiger partial charge in [-0.1, -0.05) is 55.3 Å². The molecule has 0 unspecified atom stereocenters. The number of thioether (sulfide) groups is 1. The topological polar surface area (TPSA) is 51.4 Å². The summed E-state index contributed by atoms with van der Waals surface area (Å²) >= 11 is 1.72. The monoisotopic (exact) mass is 449 g/mol. The first-order valence-corrected chi connectivity index (χ1v) is 12.5. The number of hydrogen-bond acceptors (Lipinski definition) is 6. The summed E-state index contributed by atoms with van der Waals surface area (Å²) < 4.78 is 11.5. The highest BCUT2D eigenvalue weighted by molar-refractivity contribution is 7.98. The zero-order valence-corrected chi connectivity index (χ0v) is 19.5. The van der Waals surface area contributed by atoms with Gasteiger partial charge in [0.25, 0.3) is 0 Å². The minimum absolute atomic E-state index is 0.567. The van der Waals surface area contributed by atoms with Crippen molar-refractivity contribution in [3.63, 3.8) is 0 Å². The summed E-state index contributed by atoms with van der Waals surface area (Å²) in [6.45, 7) is 1.65. The van der Waals surface area contributed by atoms with Gasteiger partial charge in [0.05, 0.1) is 12.4 Å². The average Bonchev–Trinajstić information content (AvgIpc) is 3.53. The van der Waals surface area contributed by atoms with Crippen LogP contribution in [0.3, 0.4) is 0 Å². The molecule has 0 N–H and O–H groups in total. The summed E-state index contributed by atoms with van der Waals surface area (Å²) in [6.07, 6.45) is 9.85. The van der Waals surface area contributed by atoms with Gasteiger partial charge >= 0.3 is 0 Å². The smallest absolute Gasteiger partial charge is 0.247 e. The lowest BCUT2D eigenvalue weighted by Gasteiger charge is -2.22. The molecule has 168 valence electrons. The second kappa shape index (κ2) is 11.9. The van der Waals surface area contributed by atoms with Crippen LogP contribution in [-0.4, -0.2) is 47.1 Å². The van der Waals surface area contributed by atoms with E-state index in [0.717, 1.165) is 29.7 Å². The Labute approximate surface area is 194 Å². The van der Waals surface area contributed by atoms with E-state index < -0.39 is 0 Å². The molecule has 1 fully saturated rings. The van der Waals surface area contributed by atoms with Gasteiger partial charge in [-0.25, -0.2) is 0 Å². The molecule has 4 rings (SSSR count). The van der Waals surface area contributed by atoms with E-state index >= 15 is 0 Å². The maximum absolute atomic E-state index is 5.84. The van der Waals surface area contributed by atoms with Gasteiger partial charge in [-0.3, -0.25) is 4.90 Å². The van der Waals surface area contributed by atoms with Crippen molar-refractivity contribution in [2.24, 2.45) is 0 Å². The average molecular weight is 450 g/mol. The molecule has 6 heteroatoms. The van der Waals surface area contributed by atoms with E-state index in [-0.39, 0.29) is 0 Å². The summed E-state index contributed by atoms with van der Waals surface area (Å²) in [5.41, 5.74) is 2.13. The molecule has 32 heavy (non-hydrogen) atoms. The van der Waals surface area contributed by atoms with Gasteiger partial charge in [-0.15, -0.1) is 22.0 Å². The van der Waals surface area contributed by atoms with Crippen molar-refractivity contribution in [1.82, 2.24) is 15.1 Å². The van der Waals surface area contributed by atoms with Crippen molar-refractivity contribution < 1.29 is 9.15 Å². The minimum atomic E-state index is 0.567. The molecular formula is C26H31N3O2S. The fourth-order valence-electron chi connectivity index (χ4n) is 3.91. The van der Waals surface area contributed by atoms with Crippen molar-refractivity contribution in [3.05, 3.63) is 72.1 Å². The van der Waals surface area contributed by atoms with Crippen LogP contribution in [0.1, 0.15) is 37.1 Å². The van der Waals surface area contributed by atoms with Crippen LogP contribution < -0.4 is 4.74 Å². The van der Waals surface area contributed by atoms with Crippen molar-refractivity contribution in [3.8, 4) is 17.2 Å². The molecule has 0 aliphatic heterocycles. The summed E-state index contributed by atoms with van der Waals surface area (Å²) in [7, 11) is 2.23. The fourth-order valence-corrected chi connectivity index (χ4v) is 4.55. The first kappa shape index (κ1) is 22.6. The van der Waals surface area contributed by atoms with E-state index in [1.807, 2.05) is 42.5 Å². The summed E-state index contributed by atoms with van der Waals surface area (Å²) in [6, 6.07) is 18.9. The van der Waals surface area contributed by atoms with Gasteiger partial charge in [0.2, 0.25) is 11.8 Å². The van der Waals surface area contributed by atoms with E-state index in [4.69, 9.17) is 9.15 Å². The van der Waals surface area contributed by atoms with Crippen molar-refractivity contribution in [2.75, 3.05) is 26.0 Å². The molecule has 3 aromatic rings. The molecular weight excluding hydrogens is 418 g/mol. The molecule has 0 bridgehead atoms. The van der Waals surface area contributed by atoms with Crippen molar-refractivity contribution in [2.45, 2.75) is 37.5 Å². The number of nitrogens with zero attached hydrogens (tertiary/aromatic N) is 3. The third-order valence-electron chi connectivity index (χ3n) is 5.74. The molecule has 0 saturated heterocycles. The van der Waals surface area contributed by atoms with Gasteiger partial charge in [0.1, 0.15) is 5.75 Å². The third kappa shape index (κ3) is 6.71. The lowest BCUT2D eigenvalue weighted by Crippen LogP contribution is -2.29. The highest BCUT2D eigenvalue weighted by atomic mass is 32.2. The Morgan fingerprint density at radius 2 is 1.84 bits per heavy atom. The third-order valence-corrected chi connectivity index (χ3v) is 6.65. The quantitative estimate of drug-likeness (QED) is 0.338. The molecule has 1 saturated carbocycles. The normalized spacial score (nSPS) is 14.6. The number of benzene rings is 2. The van der Waals surface area contributed by atoms with Gasteiger partial charge in [0.15, 0.2) is 0 Å². The number of hydrogen-bond donors (Lipinski definition) is 0. The van der Waals surface area contributed by atoms with Crippen LogP contribution in [0, 0.1) is 0 Å². The Morgan fingerprint density at radius 3 is 2.62 bits per heavy atom. The van der Waals surface area contributed by atoms with Crippen LogP contribution in [0.15, 0.2) is 65.1 Å². The SMILES string of the molecule is CN(CC=Cc1ccc(-c2nnc(CSCCOc3ccccc3)o2)cc1)C1CCCC1. The Balaban J connectivity index is 1.20. The van der Waals surface area contributed by atoms with Gasteiger partial charge in [-0.05, 0) is 49.7 Å². The van der Waals surface area contributed by atoms with E-state index in [1.165, 1.54) is 31.2 Å². The molecule has 0 amide bonds. The zero-order valence-electron chi connectivity index (χ0n) is 18.7. The van der Waals surface area contributed by atoms with Crippen LogP contribution in [-0.2, 0) is 5.75 Å². The maximum Gasteiger partial charge on any atom is 0.247 e. The first-order valence-electron chi connectivity index (χ1n) is 11.3. The highest BCUT2D eigenvalue weighted by Gasteiger charge is 2.18. The summed E-state index contributed by atoms with van der Waals surface area (Å²) in [4.78, 5) is 2.46. The van der Waals surface area contributed by atoms with E-state index in [0.29, 0.717) is 24.1 Å². The zero-order chi connectivity index (χ0) is 22.0. The fraction of sp³-hybridized carbons (Fsp3) is 0.385. The standard InChI is InChI=1S/C26H31N3O2S/c1-29(23-9-5-6-10-23)17-7-8-21-13-15-22(16-14-21)26-28-27-25(31-26)20-32-19-18-30-24-11-3-2-4-12-24/h2-4,7-8,11-16,23H,5-6,9-10,17-20H2,1H3. The maximum atomic E-state index is 5.84. The van der Waals surface area contributed by atoms with Crippen LogP contribution in [0.5, 0.6) is 5.75 Å². The van der Waals surface area contributed by atoms with Crippen LogP contribution >= 0.6 is 11.8 Å². The van der Waals surface area contributed by atoms with Crippen LogP contribution in [0.2, 0.25) is 0 Å². The van der Waals surface area contributed by atoms with E-state index in [2.05, 4.69) is 46.4 Å². The van der Waals surface area contributed by atoms with E-state index in [9.17, 15) is 0 Å². The minimum Gasteiger partial charge on any atom is -0.493 e. The molecule has 1 aromatic heterocycles. The van der Waals surface area contributed by atoms with E-state index in [1.54, 1.807) is 11.8 Å². The van der Waals surface area contributed by atoms with Gasteiger partial charge < -0.3 is 9.15 Å². The predicted octanol–water partition coefficient (Wildman–Crippen LogP) is 5.94. The van der Waals surface area contributed by atoms with Gasteiger partial charge in [0, 0.05) is 23.9 Å². The molecule has 2 aromatic carbocycles. The molecule has 1 heterocycles. The molecule has 0 spiro atoms. The molecule has 1 aliphatic carbocycles. The number of aromatic nitrogens is 2. The molecule has 5 nitrogen and oxygen atoms in total. The lowest BCUT2D eigenvalue weighted by molar-refractivity contribution is 0.271. The highest BCUT2D eigenvalue weighted by Crippen LogP contribution is 2.23. The van der Waals surface area contributed by atoms with Crippen LogP contribution in [0.4, 0.5) is 0 Å². The van der Waals surface area contributed by atoms with Crippen molar-refractivity contribution >= 4 is 17.8 Å². The number of ether oxygens (including phenoxy) is 1. The molecule has 0 radical (unpaired) electrons. The second-order valence-corrected chi connectivity index (χ2v) is 9.22. The Bertz CT molecular complexity index is 966. The lowest BCUT2D eigenvalue weighted by atomic mass is 10.1. The number of para-hydroxylation sites is 1. The van der Waals surface area contributed by atoms with Gasteiger partial charge in [-0.2, -0.15) is 0 Å². The number of likely N-dealkylation sites (N-methyl/N-ethyl adjacent to an activating group) is 1. The predicted molar refractivity (Wildman–Crippen MR) is 132 cm³/mol. The summed E-state index contributed by atoms with van der Waals surface area (Å²) in [5.74, 6) is 3.65. The summed E-state index contributed by atoms with van der Waals surface area (Å²) in [5, 5.41) is 8.39. The van der Waals surface area contributed by atoms with Crippen LogP contribution in [0.25, 0.3) is 17.5 Å². The molecule has 1 aliphatic rings. The second-order valence-electron chi connectivity index (χ2n) is 8.12. The Hall–Kier alpha value is -2.57. The Kier molecular flexibility index (Phi) is 8.40. The Morgan fingerprint density at radius 1 is 1.06 bits per heavy atom. The number of rotatable bonds is 11. The largest absolute Gasteiger partial charge is 0.493 e. The first-order chi connectivity index (χ1) is 15.8. The molecule has 0 atom stereocenters.